The zero-order valence-electron chi connectivity index (χ0n) is 23.4. The van der Waals surface area contributed by atoms with Crippen LogP contribution in [0.5, 0.6) is 0 Å². The number of benzene rings is 2. The molecule has 1 amide bonds. The fourth-order valence-corrected chi connectivity index (χ4v) is 4.70. The Hall–Kier alpha value is -4.32. The van der Waals surface area contributed by atoms with Crippen molar-refractivity contribution in [3.63, 3.8) is 0 Å². The number of aromatic nitrogens is 2. The van der Waals surface area contributed by atoms with Crippen LogP contribution in [0, 0.1) is 12.7 Å². The van der Waals surface area contributed by atoms with Gasteiger partial charge >= 0.3 is 12.4 Å². The van der Waals surface area contributed by atoms with E-state index in [4.69, 9.17) is 0 Å². The lowest BCUT2D eigenvalue weighted by atomic mass is 9.81. The molecule has 0 radical (unpaired) electrons. The van der Waals surface area contributed by atoms with E-state index in [0.717, 1.165) is 4.90 Å². The summed E-state index contributed by atoms with van der Waals surface area (Å²) in [5, 5.41) is 9.51. The first kappa shape index (κ1) is 31.6. The van der Waals surface area contributed by atoms with E-state index >= 15 is 0 Å². The van der Waals surface area contributed by atoms with Gasteiger partial charge in [-0.15, -0.1) is 0 Å². The van der Waals surface area contributed by atoms with Gasteiger partial charge in [0.15, 0.2) is 0 Å². The number of pyridine rings is 2. The fraction of sp³-hybridized carbons (Fsp3) is 0.258. The predicted octanol–water partition coefficient (Wildman–Crippen LogP) is 7.73. The molecular weight excluding hydrogens is 579 g/mol. The summed E-state index contributed by atoms with van der Waals surface area (Å²) < 4.78 is 95.4. The van der Waals surface area contributed by atoms with Gasteiger partial charge in [-0.2, -0.15) is 26.3 Å². The van der Waals surface area contributed by atoms with Gasteiger partial charge in [-0.1, -0.05) is 6.07 Å². The van der Waals surface area contributed by atoms with Crippen molar-refractivity contribution in [3.8, 4) is 22.4 Å². The van der Waals surface area contributed by atoms with Crippen molar-refractivity contribution in [2.45, 2.75) is 45.1 Å². The van der Waals surface area contributed by atoms with Gasteiger partial charge in [0, 0.05) is 30.6 Å². The maximum Gasteiger partial charge on any atom is 0.416 e. The molecule has 43 heavy (non-hydrogen) atoms. The highest BCUT2D eigenvalue weighted by Gasteiger charge is 2.41. The maximum atomic E-state index is 14.0. The molecule has 1 N–H and O–H groups in total. The second-order valence-electron chi connectivity index (χ2n) is 10.6. The van der Waals surface area contributed by atoms with E-state index in [1.807, 2.05) is 0 Å². The van der Waals surface area contributed by atoms with E-state index in [2.05, 4.69) is 9.97 Å². The van der Waals surface area contributed by atoms with Crippen LogP contribution in [0.2, 0.25) is 0 Å². The molecule has 0 unspecified atom stereocenters. The quantitative estimate of drug-likeness (QED) is 0.229. The monoisotopic (exact) mass is 605 g/mol. The smallest absolute Gasteiger partial charge is 0.392 e. The lowest BCUT2D eigenvalue weighted by Crippen LogP contribution is -2.42. The minimum atomic E-state index is -5.09. The molecule has 2 heterocycles. The lowest BCUT2D eigenvalue weighted by molar-refractivity contribution is -0.143. The van der Waals surface area contributed by atoms with E-state index in [9.17, 15) is 40.6 Å². The van der Waals surface area contributed by atoms with Crippen LogP contribution >= 0.6 is 0 Å². The van der Waals surface area contributed by atoms with Gasteiger partial charge < -0.3 is 10.0 Å². The largest absolute Gasteiger partial charge is 0.416 e. The van der Waals surface area contributed by atoms with Crippen molar-refractivity contribution in [1.29, 1.82) is 0 Å². The molecule has 0 aliphatic rings. The van der Waals surface area contributed by atoms with Crippen LogP contribution in [0.15, 0.2) is 67.1 Å². The summed E-state index contributed by atoms with van der Waals surface area (Å²) in [5.41, 5.74) is -2.43. The third kappa shape index (κ3) is 6.53. The molecule has 12 heteroatoms. The number of likely N-dealkylation sites (N-methyl/N-ethyl adjacent to an activating group) is 1. The number of anilines is 1. The molecule has 0 aliphatic heterocycles. The van der Waals surface area contributed by atoms with Crippen LogP contribution in [0.25, 0.3) is 22.4 Å². The normalized spacial score (nSPS) is 12.4. The number of amides is 1. The van der Waals surface area contributed by atoms with Crippen LogP contribution < -0.4 is 4.90 Å². The van der Waals surface area contributed by atoms with Gasteiger partial charge in [-0.25, -0.2) is 4.39 Å². The zero-order valence-corrected chi connectivity index (χ0v) is 23.4. The Bertz CT molecular complexity index is 1650. The van der Waals surface area contributed by atoms with E-state index in [0.29, 0.717) is 45.6 Å². The summed E-state index contributed by atoms with van der Waals surface area (Å²) in [6, 6.07) is 8.32. The lowest BCUT2D eigenvalue weighted by Gasteiger charge is -2.32. The molecule has 0 atom stereocenters. The van der Waals surface area contributed by atoms with E-state index in [1.165, 1.54) is 57.7 Å². The molecule has 0 fully saturated rings. The summed E-state index contributed by atoms with van der Waals surface area (Å²) in [6.45, 7) is 3.83. The van der Waals surface area contributed by atoms with Gasteiger partial charge in [0.2, 0.25) is 5.91 Å². The van der Waals surface area contributed by atoms with E-state index in [1.54, 1.807) is 19.1 Å². The van der Waals surface area contributed by atoms with Crippen molar-refractivity contribution in [2.75, 3.05) is 11.9 Å². The molecule has 4 aromatic rings. The van der Waals surface area contributed by atoms with Crippen molar-refractivity contribution in [1.82, 2.24) is 9.97 Å². The minimum absolute atomic E-state index is 0.00642. The molecule has 0 spiro atoms. The van der Waals surface area contributed by atoms with Gasteiger partial charge in [0.25, 0.3) is 0 Å². The summed E-state index contributed by atoms with van der Waals surface area (Å²) >= 11 is 0. The van der Waals surface area contributed by atoms with Gasteiger partial charge in [-0.05, 0) is 85.5 Å². The second kappa shape index (κ2) is 11.4. The van der Waals surface area contributed by atoms with Crippen LogP contribution in [0.4, 0.5) is 36.4 Å². The van der Waals surface area contributed by atoms with Crippen molar-refractivity contribution < 1.29 is 40.6 Å². The average molecular weight is 606 g/mol. The Balaban J connectivity index is 1.86. The van der Waals surface area contributed by atoms with E-state index < -0.39 is 46.2 Å². The number of aryl methyl sites for hydroxylation is 1. The molecule has 0 aliphatic carbocycles. The van der Waals surface area contributed by atoms with Crippen LogP contribution in [-0.4, -0.2) is 28.0 Å². The number of nitrogens with zero attached hydrogens (tertiary/aromatic N) is 3. The SMILES string of the molecule is Cc1cc(F)ccc1-c1cc(-c2cncc(CO)c2)ncc1N(C)C(=O)C(C)(C)c1cc(C(F)(F)F)cc(C(F)(F)F)c1. The van der Waals surface area contributed by atoms with Gasteiger partial charge in [0.05, 0.1) is 40.7 Å². The number of rotatable bonds is 6. The summed E-state index contributed by atoms with van der Waals surface area (Å²) in [7, 11) is 1.33. The van der Waals surface area contributed by atoms with Crippen molar-refractivity contribution in [3.05, 3.63) is 101 Å². The Kier molecular flexibility index (Phi) is 8.38. The first-order valence-corrected chi connectivity index (χ1v) is 12.8. The summed E-state index contributed by atoms with van der Waals surface area (Å²) in [6.07, 6.45) is -5.87. The summed E-state index contributed by atoms with van der Waals surface area (Å²) in [5.74, 6) is -1.33. The topological polar surface area (TPSA) is 66.3 Å². The van der Waals surface area contributed by atoms with Crippen LogP contribution in [0.3, 0.4) is 0 Å². The molecule has 5 nitrogen and oxygen atoms in total. The molecular formula is C31H26F7N3O2. The number of aliphatic hydroxyl groups excluding tert-OH is 1. The number of hydrogen-bond donors (Lipinski definition) is 1. The maximum absolute atomic E-state index is 14.0. The average Bonchev–Trinajstić information content (AvgIpc) is 2.95. The number of aliphatic hydroxyl groups is 1. The molecule has 0 bridgehead atoms. The molecule has 2 aromatic carbocycles. The number of halogens is 7. The minimum Gasteiger partial charge on any atom is -0.392 e. The zero-order chi connectivity index (χ0) is 31.9. The first-order valence-electron chi connectivity index (χ1n) is 12.8. The first-order chi connectivity index (χ1) is 19.9. The van der Waals surface area contributed by atoms with Gasteiger partial charge in [0.1, 0.15) is 5.82 Å². The number of carbonyl (C=O) groups is 1. The third-order valence-electron chi connectivity index (χ3n) is 7.14. The fourth-order valence-electron chi connectivity index (χ4n) is 4.70. The second-order valence-corrected chi connectivity index (χ2v) is 10.6. The van der Waals surface area contributed by atoms with Crippen LogP contribution in [-0.2, 0) is 29.2 Å². The standard InChI is InChI=1S/C31H26F7N3O2/c1-17-7-23(32)5-6-24(17)25-12-26(19-8-18(16-42)13-39-14-19)40-15-27(25)41(4)28(43)29(2,3)20-9-21(30(33,34)35)11-22(10-20)31(36,37)38/h5-15,42H,16H2,1-4H3. The Morgan fingerprint density at radius 3 is 2.00 bits per heavy atom. The Morgan fingerprint density at radius 1 is 0.837 bits per heavy atom. The van der Waals surface area contributed by atoms with Gasteiger partial charge in [-0.3, -0.25) is 14.8 Å². The van der Waals surface area contributed by atoms with Crippen molar-refractivity contribution >= 4 is 11.6 Å². The molecule has 4 rings (SSSR count). The number of alkyl halides is 6. The Morgan fingerprint density at radius 2 is 1.44 bits per heavy atom. The van der Waals surface area contributed by atoms with Crippen molar-refractivity contribution in [2.24, 2.45) is 0 Å². The number of carbonyl (C=O) groups excluding carboxylic acids is 1. The molecule has 2 aromatic heterocycles. The highest BCUT2D eigenvalue weighted by molar-refractivity contribution is 6.03. The molecule has 0 saturated carbocycles. The highest BCUT2D eigenvalue weighted by atomic mass is 19.4. The number of hydrogen-bond acceptors (Lipinski definition) is 4. The molecule has 0 saturated heterocycles. The molecule has 226 valence electrons. The Labute approximate surface area is 242 Å². The summed E-state index contributed by atoms with van der Waals surface area (Å²) in [4.78, 5) is 23.5. The van der Waals surface area contributed by atoms with Crippen LogP contribution in [0.1, 0.15) is 41.7 Å². The highest BCUT2D eigenvalue weighted by Crippen LogP contribution is 2.41. The van der Waals surface area contributed by atoms with E-state index in [-0.39, 0.29) is 18.4 Å². The predicted molar refractivity (Wildman–Crippen MR) is 146 cm³/mol. The third-order valence-corrected chi connectivity index (χ3v) is 7.14.